The molecule has 1 saturated carbocycles. The van der Waals surface area contributed by atoms with E-state index in [0.29, 0.717) is 11.8 Å². The molecule has 2 atom stereocenters. The summed E-state index contributed by atoms with van der Waals surface area (Å²) in [7, 11) is 0. The Bertz CT molecular complexity index is 310. The van der Waals surface area contributed by atoms with Crippen LogP contribution in [-0.4, -0.2) is 34.6 Å². The van der Waals surface area contributed by atoms with Crippen molar-refractivity contribution in [1.82, 2.24) is 4.90 Å². The maximum absolute atomic E-state index is 12.0. The molecule has 1 aliphatic heterocycles. The molecule has 1 aliphatic carbocycles. The quantitative estimate of drug-likeness (QED) is 0.795. The Labute approximate surface area is 117 Å². The zero-order valence-electron chi connectivity index (χ0n) is 12.5. The molecule has 2 unspecified atom stereocenters. The van der Waals surface area contributed by atoms with Gasteiger partial charge in [-0.3, -0.25) is 9.69 Å². The fourth-order valence-corrected chi connectivity index (χ4v) is 4.00. The minimum Gasteiger partial charge on any atom is -0.480 e. The van der Waals surface area contributed by atoms with Crippen LogP contribution in [0, 0.1) is 11.8 Å². The van der Waals surface area contributed by atoms with Crippen LogP contribution in [0.2, 0.25) is 0 Å². The summed E-state index contributed by atoms with van der Waals surface area (Å²) in [6, 6.07) is 0. The van der Waals surface area contributed by atoms with Crippen LogP contribution < -0.4 is 0 Å². The Hall–Kier alpha value is -0.570. The number of hydrogen-bond acceptors (Lipinski definition) is 2. The number of rotatable bonds is 3. The fourth-order valence-electron chi connectivity index (χ4n) is 4.00. The van der Waals surface area contributed by atoms with Gasteiger partial charge in [-0.05, 0) is 57.0 Å². The first-order chi connectivity index (χ1) is 9.06. The lowest BCUT2D eigenvalue weighted by Crippen LogP contribution is -2.56. The van der Waals surface area contributed by atoms with E-state index < -0.39 is 11.5 Å². The highest BCUT2D eigenvalue weighted by Gasteiger charge is 2.45. The van der Waals surface area contributed by atoms with Crippen LogP contribution in [0.15, 0.2) is 0 Å². The van der Waals surface area contributed by atoms with Crippen molar-refractivity contribution in [2.24, 2.45) is 11.8 Å². The number of aliphatic carboxylic acids is 1. The summed E-state index contributed by atoms with van der Waals surface area (Å²) >= 11 is 0. The molecule has 0 radical (unpaired) electrons. The summed E-state index contributed by atoms with van der Waals surface area (Å²) < 4.78 is 0. The molecule has 0 aromatic rings. The van der Waals surface area contributed by atoms with Crippen LogP contribution in [0.3, 0.4) is 0 Å². The van der Waals surface area contributed by atoms with Crippen molar-refractivity contribution in [3.05, 3.63) is 0 Å². The SMILES string of the molecule is CC(C)C1CCCC(C(=O)O)(N2CCCCC2)CC1. The highest BCUT2D eigenvalue weighted by molar-refractivity contribution is 5.78. The number of carboxylic acid groups (broad SMARTS) is 1. The molecule has 0 bridgehead atoms. The normalized spacial score (nSPS) is 34.2. The molecule has 0 aromatic carbocycles. The van der Waals surface area contributed by atoms with Crippen LogP contribution in [0.5, 0.6) is 0 Å². The zero-order chi connectivity index (χ0) is 13.9. The van der Waals surface area contributed by atoms with Crippen LogP contribution in [-0.2, 0) is 4.79 Å². The van der Waals surface area contributed by atoms with Crippen LogP contribution in [0.1, 0.15) is 65.2 Å². The Morgan fingerprint density at radius 3 is 2.37 bits per heavy atom. The van der Waals surface area contributed by atoms with E-state index in [-0.39, 0.29) is 0 Å². The number of likely N-dealkylation sites (tertiary alicyclic amines) is 1. The maximum atomic E-state index is 12.0. The lowest BCUT2D eigenvalue weighted by Gasteiger charge is -2.42. The van der Waals surface area contributed by atoms with E-state index in [1.807, 2.05) is 0 Å². The van der Waals surface area contributed by atoms with Gasteiger partial charge in [-0.1, -0.05) is 33.1 Å². The first-order valence-corrected chi connectivity index (χ1v) is 8.05. The standard InChI is InChI=1S/C16H29NO2/c1-13(2)14-7-6-9-16(10-8-14,15(18)19)17-11-4-3-5-12-17/h13-14H,3-12H2,1-2H3,(H,18,19). The summed E-state index contributed by atoms with van der Waals surface area (Å²) in [6.07, 6.45) is 8.68. The third-order valence-electron chi connectivity index (χ3n) is 5.40. The number of hydrogen-bond donors (Lipinski definition) is 1. The Balaban J connectivity index is 2.12. The van der Waals surface area contributed by atoms with Gasteiger partial charge in [-0.25, -0.2) is 0 Å². The highest BCUT2D eigenvalue weighted by Crippen LogP contribution is 2.38. The second-order valence-electron chi connectivity index (χ2n) is 6.82. The van der Waals surface area contributed by atoms with Gasteiger partial charge >= 0.3 is 5.97 Å². The molecule has 3 nitrogen and oxygen atoms in total. The largest absolute Gasteiger partial charge is 0.480 e. The predicted octanol–water partition coefficient (Wildman–Crippen LogP) is 3.53. The molecule has 19 heavy (non-hydrogen) atoms. The molecule has 0 spiro atoms. The topological polar surface area (TPSA) is 40.5 Å². The first kappa shape index (κ1) is 14.8. The van der Waals surface area contributed by atoms with Gasteiger partial charge in [0.25, 0.3) is 0 Å². The van der Waals surface area contributed by atoms with Crippen molar-refractivity contribution in [2.45, 2.75) is 70.8 Å². The maximum Gasteiger partial charge on any atom is 0.324 e. The highest BCUT2D eigenvalue weighted by atomic mass is 16.4. The van der Waals surface area contributed by atoms with Crippen molar-refractivity contribution < 1.29 is 9.90 Å². The molecule has 2 rings (SSSR count). The van der Waals surface area contributed by atoms with E-state index in [2.05, 4.69) is 18.7 Å². The molecule has 3 heteroatoms. The predicted molar refractivity (Wildman–Crippen MR) is 77.2 cm³/mol. The van der Waals surface area contributed by atoms with Crippen LogP contribution in [0.25, 0.3) is 0 Å². The number of nitrogens with zero attached hydrogens (tertiary/aromatic N) is 1. The minimum atomic E-state index is -0.571. The van der Waals surface area contributed by atoms with Gasteiger partial charge in [-0.2, -0.15) is 0 Å². The van der Waals surface area contributed by atoms with Gasteiger partial charge in [0, 0.05) is 0 Å². The smallest absolute Gasteiger partial charge is 0.324 e. The lowest BCUT2D eigenvalue weighted by molar-refractivity contribution is -0.153. The van der Waals surface area contributed by atoms with Crippen molar-refractivity contribution in [3.8, 4) is 0 Å². The minimum absolute atomic E-state index is 0.552. The molecule has 1 N–H and O–H groups in total. The Morgan fingerprint density at radius 2 is 1.79 bits per heavy atom. The van der Waals surface area contributed by atoms with E-state index >= 15 is 0 Å². The first-order valence-electron chi connectivity index (χ1n) is 8.05. The van der Waals surface area contributed by atoms with E-state index in [9.17, 15) is 9.90 Å². The molecule has 110 valence electrons. The summed E-state index contributed by atoms with van der Waals surface area (Å²) in [5.74, 6) is 0.829. The van der Waals surface area contributed by atoms with Crippen LogP contribution >= 0.6 is 0 Å². The van der Waals surface area contributed by atoms with Gasteiger partial charge in [0.15, 0.2) is 0 Å². The number of carbonyl (C=O) groups is 1. The lowest BCUT2D eigenvalue weighted by atomic mass is 9.84. The molecular formula is C16H29NO2. The van der Waals surface area contributed by atoms with Crippen molar-refractivity contribution in [3.63, 3.8) is 0 Å². The van der Waals surface area contributed by atoms with Gasteiger partial charge in [0.2, 0.25) is 0 Å². The van der Waals surface area contributed by atoms with Gasteiger partial charge in [0.05, 0.1) is 0 Å². The summed E-state index contributed by atoms with van der Waals surface area (Å²) in [6.45, 7) is 6.52. The third kappa shape index (κ3) is 3.13. The van der Waals surface area contributed by atoms with Crippen molar-refractivity contribution in [1.29, 1.82) is 0 Å². The monoisotopic (exact) mass is 267 g/mol. The molecule has 2 aliphatic rings. The van der Waals surface area contributed by atoms with Gasteiger partial charge < -0.3 is 5.11 Å². The molecular weight excluding hydrogens is 238 g/mol. The number of carboxylic acids is 1. The van der Waals surface area contributed by atoms with Gasteiger partial charge in [-0.15, -0.1) is 0 Å². The fraction of sp³-hybridized carbons (Fsp3) is 0.938. The van der Waals surface area contributed by atoms with Crippen molar-refractivity contribution >= 4 is 5.97 Å². The van der Waals surface area contributed by atoms with E-state index in [1.54, 1.807) is 0 Å². The van der Waals surface area contributed by atoms with Gasteiger partial charge in [0.1, 0.15) is 5.54 Å². The Kier molecular flexibility index (Phi) is 4.88. The summed E-state index contributed by atoms with van der Waals surface area (Å²) in [5.41, 5.74) is -0.552. The number of piperidine rings is 1. The molecule has 1 heterocycles. The molecule has 1 saturated heterocycles. The zero-order valence-corrected chi connectivity index (χ0v) is 12.5. The average Bonchev–Trinajstić information content (AvgIpc) is 2.63. The van der Waals surface area contributed by atoms with E-state index in [0.717, 1.165) is 38.8 Å². The molecule has 0 amide bonds. The molecule has 0 aromatic heterocycles. The summed E-state index contributed by atoms with van der Waals surface area (Å²) in [4.78, 5) is 14.3. The van der Waals surface area contributed by atoms with Crippen molar-refractivity contribution in [2.75, 3.05) is 13.1 Å². The second-order valence-corrected chi connectivity index (χ2v) is 6.82. The van der Waals surface area contributed by atoms with E-state index in [4.69, 9.17) is 0 Å². The average molecular weight is 267 g/mol. The molecule has 2 fully saturated rings. The van der Waals surface area contributed by atoms with E-state index in [1.165, 1.54) is 25.7 Å². The third-order valence-corrected chi connectivity index (χ3v) is 5.40. The van der Waals surface area contributed by atoms with Crippen LogP contribution in [0.4, 0.5) is 0 Å². The summed E-state index contributed by atoms with van der Waals surface area (Å²) in [5, 5.41) is 9.85. The second kappa shape index (κ2) is 6.25. The Morgan fingerprint density at radius 1 is 1.11 bits per heavy atom.